The minimum atomic E-state index is -4.63. The van der Waals surface area contributed by atoms with E-state index in [1.165, 1.54) is 11.1 Å². The van der Waals surface area contributed by atoms with E-state index in [1.54, 1.807) is 14.0 Å². The van der Waals surface area contributed by atoms with Crippen LogP contribution in [0.15, 0.2) is 6.20 Å². The van der Waals surface area contributed by atoms with Crippen LogP contribution in [-0.2, 0) is 17.5 Å². The molecule has 0 saturated carbocycles. The van der Waals surface area contributed by atoms with E-state index < -0.39 is 17.8 Å². The molecule has 1 aliphatic heterocycles. The SMILES string of the molecule is CCn1cc(C(=O)N2CCCC(OC)CC2)c(C(F)(F)F)n1. The van der Waals surface area contributed by atoms with Gasteiger partial charge in [-0.2, -0.15) is 18.3 Å². The summed E-state index contributed by atoms with van der Waals surface area (Å²) in [5.74, 6) is -0.608. The van der Waals surface area contributed by atoms with E-state index in [-0.39, 0.29) is 18.2 Å². The van der Waals surface area contributed by atoms with E-state index in [4.69, 9.17) is 4.74 Å². The Morgan fingerprint density at radius 1 is 1.41 bits per heavy atom. The normalized spacial score (nSPS) is 20.0. The van der Waals surface area contributed by atoms with E-state index in [0.29, 0.717) is 25.9 Å². The molecule has 1 amide bonds. The minimum Gasteiger partial charge on any atom is -0.381 e. The van der Waals surface area contributed by atoms with Gasteiger partial charge in [0, 0.05) is 32.9 Å². The molecule has 1 atom stereocenters. The summed E-state index contributed by atoms with van der Waals surface area (Å²) >= 11 is 0. The molecule has 5 nitrogen and oxygen atoms in total. The first kappa shape index (κ1) is 16.8. The maximum Gasteiger partial charge on any atom is 0.435 e. The maximum absolute atomic E-state index is 13.1. The van der Waals surface area contributed by atoms with Crippen molar-refractivity contribution in [2.75, 3.05) is 20.2 Å². The summed E-state index contributed by atoms with van der Waals surface area (Å²) in [4.78, 5) is 13.9. The number of carbonyl (C=O) groups excluding carboxylic acids is 1. The number of aromatic nitrogens is 2. The standard InChI is InChI=1S/C14H20F3N3O2/c1-3-20-9-11(12(18-20)14(15,16)17)13(21)19-7-4-5-10(22-2)6-8-19/h9-10H,3-8H2,1-2H3. The van der Waals surface area contributed by atoms with Crippen LogP contribution in [0.2, 0.25) is 0 Å². The van der Waals surface area contributed by atoms with Gasteiger partial charge in [0.25, 0.3) is 5.91 Å². The molecule has 0 spiro atoms. The second kappa shape index (κ2) is 6.68. The molecule has 2 rings (SSSR count). The van der Waals surface area contributed by atoms with Crippen molar-refractivity contribution in [3.05, 3.63) is 17.5 Å². The van der Waals surface area contributed by atoms with E-state index in [1.807, 2.05) is 0 Å². The lowest BCUT2D eigenvalue weighted by Crippen LogP contribution is -2.33. The van der Waals surface area contributed by atoms with Gasteiger partial charge in [0.05, 0.1) is 11.7 Å². The third-order valence-electron chi connectivity index (χ3n) is 3.88. The quantitative estimate of drug-likeness (QED) is 0.860. The van der Waals surface area contributed by atoms with Crippen molar-refractivity contribution in [2.24, 2.45) is 0 Å². The molecule has 1 aliphatic rings. The summed E-state index contributed by atoms with van der Waals surface area (Å²) < 4.78 is 45.6. The molecule has 1 aromatic heterocycles. The molecule has 124 valence electrons. The fourth-order valence-electron chi connectivity index (χ4n) is 2.62. The van der Waals surface area contributed by atoms with Crippen LogP contribution in [0, 0.1) is 0 Å². The number of nitrogens with zero attached hydrogens (tertiary/aromatic N) is 3. The summed E-state index contributed by atoms with van der Waals surface area (Å²) in [7, 11) is 1.61. The molecular weight excluding hydrogens is 299 g/mol. The largest absolute Gasteiger partial charge is 0.435 e. The highest BCUT2D eigenvalue weighted by Gasteiger charge is 2.40. The summed E-state index contributed by atoms with van der Waals surface area (Å²) in [5, 5.41) is 3.49. The van der Waals surface area contributed by atoms with Crippen molar-refractivity contribution in [2.45, 2.75) is 45.0 Å². The molecule has 1 unspecified atom stereocenters. The molecule has 0 N–H and O–H groups in total. The number of amides is 1. The Balaban J connectivity index is 2.23. The zero-order valence-electron chi connectivity index (χ0n) is 12.7. The molecule has 22 heavy (non-hydrogen) atoms. The highest BCUT2D eigenvalue weighted by Crippen LogP contribution is 2.31. The zero-order valence-corrected chi connectivity index (χ0v) is 12.7. The van der Waals surface area contributed by atoms with Gasteiger partial charge in [0.1, 0.15) is 0 Å². The minimum absolute atomic E-state index is 0.0539. The summed E-state index contributed by atoms with van der Waals surface area (Å²) in [5.41, 5.74) is -1.47. The van der Waals surface area contributed by atoms with Crippen molar-refractivity contribution in [3.63, 3.8) is 0 Å². The predicted octanol–water partition coefficient (Wildman–Crippen LogP) is 2.56. The van der Waals surface area contributed by atoms with Crippen LogP contribution in [0.5, 0.6) is 0 Å². The van der Waals surface area contributed by atoms with Crippen molar-refractivity contribution < 1.29 is 22.7 Å². The second-order valence-electron chi connectivity index (χ2n) is 5.33. The fraction of sp³-hybridized carbons (Fsp3) is 0.714. The molecular formula is C14H20F3N3O2. The average molecular weight is 319 g/mol. The first-order chi connectivity index (χ1) is 10.4. The first-order valence-electron chi connectivity index (χ1n) is 7.33. The molecule has 2 heterocycles. The van der Waals surface area contributed by atoms with Crippen molar-refractivity contribution in [1.82, 2.24) is 14.7 Å². The molecule has 0 aliphatic carbocycles. The number of rotatable bonds is 3. The third kappa shape index (κ3) is 3.60. The maximum atomic E-state index is 13.1. The summed E-state index contributed by atoms with van der Waals surface area (Å²) in [6.45, 7) is 2.79. The van der Waals surface area contributed by atoms with Crippen molar-refractivity contribution in [3.8, 4) is 0 Å². The Labute approximate surface area is 127 Å². The van der Waals surface area contributed by atoms with E-state index in [9.17, 15) is 18.0 Å². The van der Waals surface area contributed by atoms with E-state index in [2.05, 4.69) is 5.10 Å². The molecule has 0 bridgehead atoms. The van der Waals surface area contributed by atoms with Crippen molar-refractivity contribution >= 4 is 5.91 Å². The van der Waals surface area contributed by atoms with Gasteiger partial charge < -0.3 is 9.64 Å². The van der Waals surface area contributed by atoms with Crippen LogP contribution in [0.4, 0.5) is 13.2 Å². The lowest BCUT2D eigenvalue weighted by atomic mass is 10.2. The van der Waals surface area contributed by atoms with E-state index >= 15 is 0 Å². The number of likely N-dealkylation sites (tertiary alicyclic amines) is 1. The smallest absolute Gasteiger partial charge is 0.381 e. The number of hydrogen-bond acceptors (Lipinski definition) is 3. The Morgan fingerprint density at radius 2 is 2.14 bits per heavy atom. The molecule has 1 saturated heterocycles. The Morgan fingerprint density at radius 3 is 2.73 bits per heavy atom. The molecule has 0 aromatic carbocycles. The number of carbonyl (C=O) groups is 1. The van der Waals surface area contributed by atoms with Crippen LogP contribution in [-0.4, -0.2) is 46.9 Å². The van der Waals surface area contributed by atoms with Crippen LogP contribution in [0.25, 0.3) is 0 Å². The fourth-order valence-corrected chi connectivity index (χ4v) is 2.62. The topological polar surface area (TPSA) is 47.4 Å². The second-order valence-corrected chi connectivity index (χ2v) is 5.33. The van der Waals surface area contributed by atoms with Crippen LogP contribution in [0.1, 0.15) is 42.2 Å². The van der Waals surface area contributed by atoms with Gasteiger partial charge >= 0.3 is 6.18 Å². The number of hydrogen-bond donors (Lipinski definition) is 0. The summed E-state index contributed by atoms with van der Waals surface area (Å²) in [6.07, 6.45) is -1.24. The van der Waals surface area contributed by atoms with Crippen LogP contribution in [0.3, 0.4) is 0 Å². The Hall–Kier alpha value is -1.57. The average Bonchev–Trinajstić information content (AvgIpc) is 2.78. The van der Waals surface area contributed by atoms with Crippen LogP contribution >= 0.6 is 0 Å². The lowest BCUT2D eigenvalue weighted by Gasteiger charge is -2.20. The number of halogens is 3. The highest BCUT2D eigenvalue weighted by atomic mass is 19.4. The predicted molar refractivity (Wildman–Crippen MR) is 73.5 cm³/mol. The number of ether oxygens (including phenoxy) is 1. The van der Waals surface area contributed by atoms with Crippen molar-refractivity contribution in [1.29, 1.82) is 0 Å². The van der Waals surface area contributed by atoms with Crippen LogP contribution < -0.4 is 0 Å². The number of methoxy groups -OCH3 is 1. The Kier molecular flexibility index (Phi) is 5.10. The van der Waals surface area contributed by atoms with Gasteiger partial charge in [-0.15, -0.1) is 0 Å². The molecule has 0 radical (unpaired) electrons. The number of alkyl halides is 3. The van der Waals surface area contributed by atoms with Gasteiger partial charge in [-0.3, -0.25) is 9.48 Å². The summed E-state index contributed by atoms with van der Waals surface area (Å²) in [6, 6.07) is 0. The highest BCUT2D eigenvalue weighted by molar-refractivity contribution is 5.95. The first-order valence-corrected chi connectivity index (χ1v) is 7.33. The van der Waals surface area contributed by atoms with Gasteiger partial charge in [0.15, 0.2) is 5.69 Å². The monoisotopic (exact) mass is 319 g/mol. The molecule has 1 aromatic rings. The van der Waals surface area contributed by atoms with Gasteiger partial charge in [-0.1, -0.05) is 0 Å². The van der Waals surface area contributed by atoms with Gasteiger partial charge in [0.2, 0.25) is 0 Å². The zero-order chi connectivity index (χ0) is 16.3. The van der Waals surface area contributed by atoms with E-state index in [0.717, 1.165) is 11.1 Å². The third-order valence-corrected chi connectivity index (χ3v) is 3.88. The molecule has 1 fully saturated rings. The van der Waals surface area contributed by atoms with Gasteiger partial charge in [-0.25, -0.2) is 0 Å². The lowest BCUT2D eigenvalue weighted by molar-refractivity contribution is -0.141. The number of aryl methyl sites for hydroxylation is 1. The Bertz CT molecular complexity index is 528. The van der Waals surface area contributed by atoms with Gasteiger partial charge in [-0.05, 0) is 26.2 Å². The molecule has 8 heteroatoms.